The fourth-order valence-corrected chi connectivity index (χ4v) is 2.61. The Balaban J connectivity index is 3.53. The Labute approximate surface area is 101 Å². The van der Waals surface area contributed by atoms with Crippen molar-refractivity contribution in [1.29, 1.82) is 0 Å². The fourth-order valence-electron chi connectivity index (χ4n) is 0.842. The molecule has 84 valence electrons. The van der Waals surface area contributed by atoms with Gasteiger partial charge in [0.2, 0.25) is 0 Å². The Morgan fingerprint density at radius 2 is 2.00 bits per heavy atom. The van der Waals surface area contributed by atoms with Crippen LogP contribution in [0.1, 0.15) is 12.1 Å². The third-order valence-electron chi connectivity index (χ3n) is 1.47. The lowest BCUT2D eigenvalue weighted by Crippen LogP contribution is -2.17. The SMILES string of the molecule is O=c1[nH]c(C(F)F)c(I)cc1S(=O)(=O)Cl. The van der Waals surface area contributed by atoms with Crippen LogP contribution in [-0.4, -0.2) is 13.4 Å². The predicted molar refractivity (Wildman–Crippen MR) is 57.8 cm³/mol. The maximum Gasteiger partial charge on any atom is 0.279 e. The van der Waals surface area contributed by atoms with Crippen LogP contribution in [-0.2, 0) is 9.05 Å². The molecule has 1 heterocycles. The van der Waals surface area contributed by atoms with Crippen LogP contribution in [0.5, 0.6) is 0 Å². The average molecular weight is 370 g/mol. The van der Waals surface area contributed by atoms with Gasteiger partial charge >= 0.3 is 0 Å². The molecule has 1 N–H and O–H groups in total. The van der Waals surface area contributed by atoms with E-state index in [9.17, 15) is 22.0 Å². The monoisotopic (exact) mass is 369 g/mol. The van der Waals surface area contributed by atoms with E-state index in [1.807, 2.05) is 0 Å². The lowest BCUT2D eigenvalue weighted by atomic mass is 10.4. The first-order chi connectivity index (χ1) is 6.73. The molecule has 0 unspecified atom stereocenters. The molecule has 1 aromatic heterocycles. The topological polar surface area (TPSA) is 67.0 Å². The first kappa shape index (κ1) is 12.8. The van der Waals surface area contributed by atoms with Gasteiger partial charge in [-0.3, -0.25) is 4.79 Å². The van der Waals surface area contributed by atoms with E-state index in [0.29, 0.717) is 0 Å². The minimum atomic E-state index is -4.22. The van der Waals surface area contributed by atoms with Gasteiger partial charge in [0.1, 0.15) is 4.90 Å². The first-order valence-corrected chi connectivity index (χ1v) is 6.78. The van der Waals surface area contributed by atoms with E-state index in [0.717, 1.165) is 6.07 Å². The molecule has 0 saturated heterocycles. The summed E-state index contributed by atoms with van der Waals surface area (Å²) in [5, 5.41) is 0. The number of aromatic nitrogens is 1. The molecule has 0 radical (unpaired) electrons. The van der Waals surface area contributed by atoms with Crippen molar-refractivity contribution in [3.63, 3.8) is 0 Å². The summed E-state index contributed by atoms with van der Waals surface area (Å²) in [4.78, 5) is 12.1. The minimum absolute atomic E-state index is 0.0681. The summed E-state index contributed by atoms with van der Waals surface area (Å²) < 4.78 is 46.2. The van der Waals surface area contributed by atoms with Crippen molar-refractivity contribution in [1.82, 2.24) is 4.98 Å². The van der Waals surface area contributed by atoms with E-state index in [1.165, 1.54) is 22.6 Å². The number of alkyl halides is 2. The van der Waals surface area contributed by atoms with Gasteiger partial charge < -0.3 is 4.98 Å². The van der Waals surface area contributed by atoms with Crippen molar-refractivity contribution >= 4 is 42.3 Å². The fraction of sp³-hybridized carbons (Fsp3) is 0.167. The van der Waals surface area contributed by atoms with Gasteiger partial charge in [0.05, 0.1) is 5.69 Å². The molecule has 4 nitrogen and oxygen atoms in total. The molecule has 0 bridgehead atoms. The van der Waals surface area contributed by atoms with E-state index in [1.54, 1.807) is 4.98 Å². The summed E-state index contributed by atoms with van der Waals surface area (Å²) in [6.45, 7) is 0. The van der Waals surface area contributed by atoms with Crippen LogP contribution in [0.15, 0.2) is 15.8 Å². The highest BCUT2D eigenvalue weighted by Gasteiger charge is 2.20. The number of halogens is 4. The zero-order valence-electron chi connectivity index (χ0n) is 6.80. The maximum atomic E-state index is 12.3. The Hall–Kier alpha value is -0.220. The van der Waals surface area contributed by atoms with Crippen LogP contribution in [0.3, 0.4) is 0 Å². The van der Waals surface area contributed by atoms with E-state index in [4.69, 9.17) is 10.7 Å². The van der Waals surface area contributed by atoms with Crippen molar-refractivity contribution in [2.24, 2.45) is 0 Å². The molecule has 0 aromatic carbocycles. The Bertz CT molecular complexity index is 542. The minimum Gasteiger partial charge on any atom is -0.319 e. The van der Waals surface area contributed by atoms with E-state index in [2.05, 4.69) is 0 Å². The highest BCUT2D eigenvalue weighted by molar-refractivity contribution is 14.1. The van der Waals surface area contributed by atoms with Crippen molar-refractivity contribution < 1.29 is 17.2 Å². The first-order valence-electron chi connectivity index (χ1n) is 3.39. The number of pyridine rings is 1. The summed E-state index contributed by atoms with van der Waals surface area (Å²) in [5.74, 6) is 0. The second-order valence-electron chi connectivity index (χ2n) is 2.46. The largest absolute Gasteiger partial charge is 0.319 e. The second kappa shape index (κ2) is 4.34. The summed E-state index contributed by atoms with van der Waals surface area (Å²) in [7, 11) is 0.709. The van der Waals surface area contributed by atoms with Crippen molar-refractivity contribution in [3.05, 3.63) is 25.7 Å². The van der Waals surface area contributed by atoms with Gasteiger partial charge in [0.15, 0.2) is 0 Å². The van der Waals surface area contributed by atoms with E-state index < -0.39 is 31.6 Å². The van der Waals surface area contributed by atoms with E-state index in [-0.39, 0.29) is 3.57 Å². The molecule has 0 aliphatic heterocycles. The molecule has 0 saturated carbocycles. The van der Waals surface area contributed by atoms with Gasteiger partial charge in [-0.05, 0) is 28.7 Å². The van der Waals surface area contributed by atoms with E-state index >= 15 is 0 Å². The Kier molecular flexibility index (Phi) is 3.71. The number of hydrogen-bond donors (Lipinski definition) is 1. The molecule has 0 aliphatic rings. The summed E-state index contributed by atoms with van der Waals surface area (Å²) in [6, 6.07) is 0.809. The number of hydrogen-bond acceptors (Lipinski definition) is 3. The van der Waals surface area contributed by atoms with Crippen LogP contribution >= 0.6 is 33.3 Å². The Morgan fingerprint density at radius 1 is 1.47 bits per heavy atom. The molecular weight excluding hydrogens is 366 g/mol. The average Bonchev–Trinajstić information content (AvgIpc) is 2.06. The molecule has 9 heteroatoms. The number of H-pyrrole nitrogens is 1. The zero-order chi connectivity index (χ0) is 11.8. The van der Waals surface area contributed by atoms with Crippen molar-refractivity contribution in [2.45, 2.75) is 11.3 Å². The molecule has 0 spiro atoms. The zero-order valence-corrected chi connectivity index (χ0v) is 10.5. The standard InChI is InChI=1S/C6H3ClF2INO3S/c7-15(13,14)3-1-2(10)4(5(8)9)11-6(3)12/h1,5H,(H,11,12). The summed E-state index contributed by atoms with van der Waals surface area (Å²) in [6.07, 6.45) is -2.88. The smallest absolute Gasteiger partial charge is 0.279 e. The lowest BCUT2D eigenvalue weighted by molar-refractivity contribution is 0.144. The van der Waals surface area contributed by atoms with Crippen LogP contribution in [0.2, 0.25) is 0 Å². The molecule has 1 aromatic rings. The van der Waals surface area contributed by atoms with Crippen LogP contribution in [0, 0.1) is 3.57 Å². The van der Waals surface area contributed by atoms with Crippen molar-refractivity contribution in [3.8, 4) is 0 Å². The molecule has 15 heavy (non-hydrogen) atoms. The third kappa shape index (κ3) is 2.88. The normalized spacial score (nSPS) is 12.1. The molecule has 0 aliphatic carbocycles. The van der Waals surface area contributed by atoms with Crippen LogP contribution in [0.4, 0.5) is 8.78 Å². The molecule has 0 fully saturated rings. The number of nitrogens with one attached hydrogen (secondary N) is 1. The number of aromatic amines is 1. The van der Waals surface area contributed by atoms with Gasteiger partial charge in [-0.2, -0.15) is 0 Å². The summed E-state index contributed by atoms with van der Waals surface area (Å²) >= 11 is 1.48. The van der Waals surface area contributed by atoms with Gasteiger partial charge in [0.25, 0.3) is 21.0 Å². The quantitative estimate of drug-likeness (QED) is 0.639. The predicted octanol–water partition coefficient (Wildman–Crippen LogP) is 1.84. The second-order valence-corrected chi connectivity index (χ2v) is 6.16. The van der Waals surface area contributed by atoms with Gasteiger partial charge in [-0.15, -0.1) is 0 Å². The summed E-state index contributed by atoms with van der Waals surface area (Å²) in [5.41, 5.74) is -1.77. The van der Waals surface area contributed by atoms with Gasteiger partial charge in [-0.25, -0.2) is 17.2 Å². The highest BCUT2D eigenvalue weighted by Crippen LogP contribution is 2.23. The third-order valence-corrected chi connectivity index (χ3v) is 3.69. The Morgan fingerprint density at radius 3 is 2.40 bits per heavy atom. The van der Waals surface area contributed by atoms with Crippen LogP contribution < -0.4 is 5.56 Å². The molecule has 0 atom stereocenters. The van der Waals surface area contributed by atoms with Crippen molar-refractivity contribution in [2.75, 3.05) is 0 Å². The maximum absolute atomic E-state index is 12.3. The van der Waals surface area contributed by atoms with Gasteiger partial charge in [-0.1, -0.05) is 0 Å². The molecular formula is C6H3ClF2INO3S. The molecule has 0 amide bonds. The lowest BCUT2D eigenvalue weighted by Gasteiger charge is -2.03. The highest BCUT2D eigenvalue weighted by atomic mass is 127. The van der Waals surface area contributed by atoms with Gasteiger partial charge in [0, 0.05) is 14.3 Å². The van der Waals surface area contributed by atoms with Crippen LogP contribution in [0.25, 0.3) is 0 Å². The molecule has 1 rings (SSSR count). The number of rotatable bonds is 2.